The summed E-state index contributed by atoms with van der Waals surface area (Å²) in [5, 5.41) is 10.9. The number of halogens is 1. The lowest BCUT2D eigenvalue weighted by Gasteiger charge is -2.22. The number of anilines is 1. The van der Waals surface area contributed by atoms with Crippen LogP contribution in [0.1, 0.15) is 24.5 Å². The largest absolute Gasteiger partial charge is 0.375 e. The van der Waals surface area contributed by atoms with Gasteiger partial charge in [0, 0.05) is 23.0 Å². The molecule has 0 saturated heterocycles. The Morgan fingerprint density at radius 2 is 1.92 bits per heavy atom. The molecule has 5 heteroatoms. The van der Waals surface area contributed by atoms with Gasteiger partial charge in [0.15, 0.2) is 5.60 Å². The Hall–Kier alpha value is -1.98. The fraction of sp³-hybridized carbons (Fsp3) is 0.263. The molecule has 0 spiro atoms. The maximum absolute atomic E-state index is 12.9. The Labute approximate surface area is 149 Å². The van der Waals surface area contributed by atoms with Crippen molar-refractivity contribution in [3.63, 3.8) is 0 Å². The number of hydrogen-bond donors (Lipinski definition) is 1. The molecule has 1 heterocycles. The fourth-order valence-electron chi connectivity index (χ4n) is 3.16. The lowest BCUT2D eigenvalue weighted by atomic mass is 9.90. The summed E-state index contributed by atoms with van der Waals surface area (Å²) >= 11 is 3.37. The van der Waals surface area contributed by atoms with Gasteiger partial charge in [-0.1, -0.05) is 46.3 Å². The summed E-state index contributed by atoms with van der Waals surface area (Å²) in [6, 6.07) is 15.2. The average molecular weight is 388 g/mol. The van der Waals surface area contributed by atoms with Gasteiger partial charge in [-0.25, -0.2) is 0 Å². The highest BCUT2D eigenvalue weighted by Gasteiger charge is 2.50. The predicted octanol–water partition coefficient (Wildman–Crippen LogP) is 3.21. The van der Waals surface area contributed by atoms with Crippen LogP contribution in [0.5, 0.6) is 0 Å². The summed E-state index contributed by atoms with van der Waals surface area (Å²) in [4.78, 5) is 26.0. The van der Waals surface area contributed by atoms with E-state index < -0.39 is 11.5 Å². The standard InChI is InChI=1S/C19H18BrNO3/c1-13(22)12-19(24)16-11-15(20)7-8-17(16)21(18(19)23)10-9-14-5-3-2-4-6-14/h2-8,11,24H,9-10,12H2,1H3/t19-/m1/s1. The molecule has 0 bridgehead atoms. The Bertz CT molecular complexity index is 790. The lowest BCUT2D eigenvalue weighted by Crippen LogP contribution is -2.42. The molecular weight excluding hydrogens is 370 g/mol. The van der Waals surface area contributed by atoms with Crippen molar-refractivity contribution in [2.75, 3.05) is 11.4 Å². The second kappa shape index (κ2) is 6.49. The molecule has 0 unspecified atom stereocenters. The topological polar surface area (TPSA) is 57.6 Å². The zero-order valence-electron chi connectivity index (χ0n) is 13.3. The molecule has 0 aromatic heterocycles. The molecule has 1 aliphatic rings. The van der Waals surface area contributed by atoms with Gasteiger partial charge in [0.2, 0.25) is 0 Å². The normalized spacial score (nSPS) is 19.5. The Morgan fingerprint density at radius 3 is 2.58 bits per heavy atom. The van der Waals surface area contributed by atoms with Crippen LogP contribution < -0.4 is 4.90 Å². The van der Waals surface area contributed by atoms with E-state index in [1.807, 2.05) is 36.4 Å². The second-order valence-electron chi connectivity index (χ2n) is 6.09. The van der Waals surface area contributed by atoms with E-state index in [2.05, 4.69) is 15.9 Å². The van der Waals surface area contributed by atoms with Crippen LogP contribution in [0.4, 0.5) is 5.69 Å². The smallest absolute Gasteiger partial charge is 0.264 e. The maximum atomic E-state index is 12.9. The molecule has 0 fully saturated rings. The number of fused-ring (bicyclic) bond motifs is 1. The van der Waals surface area contributed by atoms with Gasteiger partial charge in [-0.3, -0.25) is 9.59 Å². The van der Waals surface area contributed by atoms with Crippen molar-refractivity contribution in [2.24, 2.45) is 0 Å². The van der Waals surface area contributed by atoms with Crippen molar-refractivity contribution in [1.29, 1.82) is 0 Å². The first kappa shape index (κ1) is 16.9. The van der Waals surface area contributed by atoms with E-state index in [1.54, 1.807) is 17.0 Å². The van der Waals surface area contributed by atoms with Gasteiger partial charge in [-0.2, -0.15) is 0 Å². The molecule has 1 amide bonds. The van der Waals surface area contributed by atoms with Crippen molar-refractivity contribution in [3.8, 4) is 0 Å². The van der Waals surface area contributed by atoms with Crippen LogP contribution in [0.2, 0.25) is 0 Å². The minimum Gasteiger partial charge on any atom is -0.375 e. The van der Waals surface area contributed by atoms with E-state index in [9.17, 15) is 14.7 Å². The third kappa shape index (κ3) is 3.01. The summed E-state index contributed by atoms with van der Waals surface area (Å²) in [6.07, 6.45) is 0.468. The van der Waals surface area contributed by atoms with E-state index in [-0.39, 0.29) is 12.2 Å². The minimum atomic E-state index is -1.78. The molecule has 1 aliphatic heterocycles. The summed E-state index contributed by atoms with van der Waals surface area (Å²) in [7, 11) is 0. The van der Waals surface area contributed by atoms with E-state index in [0.29, 0.717) is 24.2 Å². The summed E-state index contributed by atoms with van der Waals surface area (Å²) in [6.45, 7) is 1.84. The zero-order valence-corrected chi connectivity index (χ0v) is 14.9. The third-order valence-corrected chi connectivity index (χ3v) is 4.76. The highest BCUT2D eigenvalue weighted by atomic mass is 79.9. The molecule has 1 atom stereocenters. The van der Waals surface area contributed by atoms with Crippen LogP contribution in [-0.4, -0.2) is 23.3 Å². The quantitative estimate of drug-likeness (QED) is 0.856. The highest BCUT2D eigenvalue weighted by molar-refractivity contribution is 9.10. The van der Waals surface area contributed by atoms with Gasteiger partial charge in [-0.15, -0.1) is 0 Å². The van der Waals surface area contributed by atoms with Crippen LogP contribution in [-0.2, 0) is 21.6 Å². The Morgan fingerprint density at radius 1 is 1.21 bits per heavy atom. The molecule has 3 rings (SSSR count). The number of nitrogens with zero attached hydrogens (tertiary/aromatic N) is 1. The molecule has 2 aromatic rings. The first-order valence-electron chi connectivity index (χ1n) is 7.79. The number of Topliss-reactive ketones (excluding diaryl/α,β-unsaturated/α-hetero) is 1. The molecular formula is C19H18BrNO3. The van der Waals surface area contributed by atoms with Gasteiger partial charge in [0.1, 0.15) is 5.78 Å². The molecule has 0 radical (unpaired) electrons. The van der Waals surface area contributed by atoms with Crippen LogP contribution in [0.25, 0.3) is 0 Å². The number of rotatable bonds is 5. The highest BCUT2D eigenvalue weighted by Crippen LogP contribution is 2.43. The summed E-state index contributed by atoms with van der Waals surface area (Å²) in [5.41, 5.74) is 0.501. The summed E-state index contributed by atoms with van der Waals surface area (Å²) < 4.78 is 0.765. The van der Waals surface area contributed by atoms with Gasteiger partial charge in [0.25, 0.3) is 5.91 Å². The van der Waals surface area contributed by atoms with Crippen LogP contribution in [0.15, 0.2) is 53.0 Å². The number of aliphatic hydroxyl groups is 1. The van der Waals surface area contributed by atoms with Crippen LogP contribution >= 0.6 is 15.9 Å². The molecule has 0 aliphatic carbocycles. The summed E-state index contributed by atoms with van der Waals surface area (Å²) in [5.74, 6) is -0.650. The fourth-order valence-corrected chi connectivity index (χ4v) is 3.52. The Kier molecular flexibility index (Phi) is 4.56. The number of benzene rings is 2. The van der Waals surface area contributed by atoms with E-state index >= 15 is 0 Å². The third-order valence-electron chi connectivity index (χ3n) is 4.27. The lowest BCUT2D eigenvalue weighted by molar-refractivity contribution is -0.141. The van der Waals surface area contributed by atoms with Crippen molar-refractivity contribution < 1.29 is 14.7 Å². The second-order valence-corrected chi connectivity index (χ2v) is 7.01. The number of amides is 1. The van der Waals surface area contributed by atoms with E-state index in [0.717, 1.165) is 10.0 Å². The first-order chi connectivity index (χ1) is 11.4. The Balaban J connectivity index is 1.94. The predicted molar refractivity (Wildman–Crippen MR) is 95.8 cm³/mol. The van der Waals surface area contributed by atoms with Crippen molar-refractivity contribution >= 4 is 33.3 Å². The molecule has 124 valence electrons. The van der Waals surface area contributed by atoms with Gasteiger partial charge < -0.3 is 10.0 Å². The molecule has 24 heavy (non-hydrogen) atoms. The van der Waals surface area contributed by atoms with Gasteiger partial charge >= 0.3 is 0 Å². The van der Waals surface area contributed by atoms with Crippen molar-refractivity contribution in [2.45, 2.75) is 25.4 Å². The van der Waals surface area contributed by atoms with Crippen LogP contribution in [0, 0.1) is 0 Å². The zero-order chi connectivity index (χ0) is 17.3. The molecule has 1 N–H and O–H groups in total. The maximum Gasteiger partial charge on any atom is 0.264 e. The van der Waals surface area contributed by atoms with E-state index in [4.69, 9.17) is 0 Å². The van der Waals surface area contributed by atoms with Gasteiger partial charge in [-0.05, 0) is 37.1 Å². The first-order valence-corrected chi connectivity index (χ1v) is 8.59. The van der Waals surface area contributed by atoms with Crippen molar-refractivity contribution in [1.82, 2.24) is 0 Å². The molecule has 0 saturated carbocycles. The van der Waals surface area contributed by atoms with Crippen LogP contribution in [0.3, 0.4) is 0 Å². The van der Waals surface area contributed by atoms with E-state index in [1.165, 1.54) is 6.92 Å². The van der Waals surface area contributed by atoms with Crippen molar-refractivity contribution in [3.05, 3.63) is 64.1 Å². The number of carbonyl (C=O) groups is 2. The molecule has 4 nitrogen and oxygen atoms in total. The minimum absolute atomic E-state index is 0.211. The molecule has 2 aromatic carbocycles. The van der Waals surface area contributed by atoms with Gasteiger partial charge in [0.05, 0.1) is 5.69 Å². The monoisotopic (exact) mass is 387 g/mol. The number of hydrogen-bond acceptors (Lipinski definition) is 3. The average Bonchev–Trinajstić information content (AvgIpc) is 2.74. The SMILES string of the molecule is CC(=O)C[C@]1(O)C(=O)N(CCc2ccccc2)c2ccc(Br)cc21. The number of ketones is 1. The number of carbonyl (C=O) groups excluding carboxylic acids is 2.